The first-order chi connectivity index (χ1) is 9.78. The summed E-state index contributed by atoms with van der Waals surface area (Å²) in [6.07, 6.45) is 6.49. The van der Waals surface area contributed by atoms with E-state index in [-0.39, 0.29) is 18.1 Å². The topological polar surface area (TPSA) is 44.8 Å². The molecular formula is C15H27N3O2. The number of nitrogens with one attached hydrogen (secondary N) is 1. The van der Waals surface area contributed by atoms with Gasteiger partial charge in [-0.15, -0.1) is 0 Å². The highest BCUT2D eigenvalue weighted by atomic mass is 16.5. The Morgan fingerprint density at radius 1 is 1.15 bits per heavy atom. The Balaban J connectivity index is 1.46. The number of hydrogen-bond acceptors (Lipinski definition) is 4. The van der Waals surface area contributed by atoms with Crippen molar-refractivity contribution in [2.24, 2.45) is 0 Å². The lowest BCUT2D eigenvalue weighted by Crippen LogP contribution is -2.54. The summed E-state index contributed by atoms with van der Waals surface area (Å²) in [5.41, 5.74) is 0. The highest BCUT2D eigenvalue weighted by Crippen LogP contribution is 2.24. The number of nitrogens with zero attached hydrogens (tertiary/aromatic N) is 2. The molecule has 0 spiro atoms. The van der Waals surface area contributed by atoms with Gasteiger partial charge >= 0.3 is 0 Å². The van der Waals surface area contributed by atoms with E-state index in [1.807, 2.05) is 4.90 Å². The van der Waals surface area contributed by atoms with E-state index in [0.29, 0.717) is 0 Å². The quantitative estimate of drug-likeness (QED) is 0.816. The van der Waals surface area contributed by atoms with E-state index in [2.05, 4.69) is 10.2 Å². The predicted molar refractivity (Wildman–Crippen MR) is 77.6 cm³/mol. The molecule has 1 amide bonds. The fraction of sp³-hybridized carbons (Fsp3) is 0.933. The van der Waals surface area contributed by atoms with Gasteiger partial charge in [-0.1, -0.05) is 12.8 Å². The summed E-state index contributed by atoms with van der Waals surface area (Å²) >= 11 is 0. The van der Waals surface area contributed by atoms with Gasteiger partial charge < -0.3 is 15.0 Å². The molecule has 3 rings (SSSR count). The average molecular weight is 281 g/mol. The zero-order valence-corrected chi connectivity index (χ0v) is 12.5. The lowest BCUT2D eigenvalue weighted by atomic mass is 10.1. The number of ether oxygens (including phenoxy) is 1. The molecule has 0 aromatic rings. The van der Waals surface area contributed by atoms with Gasteiger partial charge in [-0.25, -0.2) is 0 Å². The van der Waals surface area contributed by atoms with Crippen LogP contribution in [-0.4, -0.2) is 73.7 Å². The van der Waals surface area contributed by atoms with Gasteiger partial charge in [-0.2, -0.15) is 0 Å². The summed E-state index contributed by atoms with van der Waals surface area (Å²) in [6.45, 7) is 4.69. The van der Waals surface area contributed by atoms with Crippen molar-refractivity contribution in [2.75, 3.05) is 39.8 Å². The number of rotatable bonds is 3. The van der Waals surface area contributed by atoms with Gasteiger partial charge in [-0.05, 0) is 19.3 Å². The first-order valence-electron chi connectivity index (χ1n) is 8.07. The normalized spacial score (nSPS) is 33.0. The van der Waals surface area contributed by atoms with Crippen LogP contribution in [0.15, 0.2) is 0 Å². The molecule has 1 saturated carbocycles. The van der Waals surface area contributed by atoms with Crippen molar-refractivity contribution in [1.29, 1.82) is 0 Å². The molecule has 5 heteroatoms. The van der Waals surface area contributed by atoms with Gasteiger partial charge in [0.1, 0.15) is 0 Å². The molecule has 2 heterocycles. The molecule has 3 aliphatic rings. The summed E-state index contributed by atoms with van der Waals surface area (Å²) in [4.78, 5) is 17.1. The third-order valence-electron chi connectivity index (χ3n) is 5.19. The predicted octanol–water partition coefficient (Wildman–Crippen LogP) is 0.450. The van der Waals surface area contributed by atoms with E-state index >= 15 is 0 Å². The van der Waals surface area contributed by atoms with Gasteiger partial charge in [0.2, 0.25) is 5.91 Å². The lowest BCUT2D eigenvalue weighted by Gasteiger charge is -2.38. The highest BCUT2D eigenvalue weighted by molar-refractivity contribution is 5.82. The van der Waals surface area contributed by atoms with Crippen LogP contribution in [0, 0.1) is 0 Å². The Morgan fingerprint density at radius 2 is 1.85 bits per heavy atom. The van der Waals surface area contributed by atoms with E-state index in [1.165, 1.54) is 25.7 Å². The molecule has 1 aliphatic carbocycles. The minimum Gasteiger partial charge on any atom is -0.380 e. The molecule has 0 radical (unpaired) electrons. The molecule has 2 aliphatic heterocycles. The summed E-state index contributed by atoms with van der Waals surface area (Å²) in [5.74, 6) is 0.274. The molecule has 20 heavy (non-hydrogen) atoms. The first-order valence-corrected chi connectivity index (χ1v) is 8.07. The zero-order valence-electron chi connectivity index (χ0n) is 12.5. The van der Waals surface area contributed by atoms with Crippen LogP contribution in [0.5, 0.6) is 0 Å². The second-order valence-electron chi connectivity index (χ2n) is 6.35. The third-order valence-corrected chi connectivity index (χ3v) is 5.19. The molecule has 3 fully saturated rings. The number of carbonyl (C=O) groups is 1. The number of carbonyl (C=O) groups excluding carboxylic acids is 1. The van der Waals surface area contributed by atoms with Crippen LogP contribution in [0.25, 0.3) is 0 Å². The number of methoxy groups -OCH3 is 1. The van der Waals surface area contributed by atoms with Crippen molar-refractivity contribution in [3.05, 3.63) is 0 Å². The number of amides is 1. The van der Waals surface area contributed by atoms with Gasteiger partial charge in [0.25, 0.3) is 0 Å². The summed E-state index contributed by atoms with van der Waals surface area (Å²) in [5, 5.41) is 3.29. The minimum atomic E-state index is -0.0296. The fourth-order valence-corrected chi connectivity index (χ4v) is 3.87. The maximum Gasteiger partial charge on any atom is 0.239 e. The smallest absolute Gasteiger partial charge is 0.239 e. The maximum absolute atomic E-state index is 12.5. The molecule has 5 nitrogen and oxygen atoms in total. The van der Waals surface area contributed by atoms with Crippen molar-refractivity contribution in [2.45, 2.75) is 50.3 Å². The van der Waals surface area contributed by atoms with Crippen LogP contribution in [0.4, 0.5) is 0 Å². The van der Waals surface area contributed by atoms with Crippen molar-refractivity contribution >= 4 is 5.91 Å². The molecule has 1 N–H and O–H groups in total. The van der Waals surface area contributed by atoms with Crippen molar-refractivity contribution in [1.82, 2.24) is 15.1 Å². The summed E-state index contributed by atoms with van der Waals surface area (Å²) in [7, 11) is 1.72. The monoisotopic (exact) mass is 281 g/mol. The summed E-state index contributed by atoms with van der Waals surface area (Å²) < 4.78 is 5.32. The van der Waals surface area contributed by atoms with E-state index in [1.54, 1.807) is 7.11 Å². The molecule has 2 atom stereocenters. The standard InChI is InChI=1S/C15H27N3O2/c1-20-13-10-14(16-11-13)15(19)18-8-6-17(7-9-18)12-4-2-3-5-12/h12-14,16H,2-11H2,1H3. The van der Waals surface area contributed by atoms with Gasteiger partial charge in [0.15, 0.2) is 0 Å². The number of hydrogen-bond donors (Lipinski definition) is 1. The zero-order chi connectivity index (χ0) is 13.9. The summed E-state index contributed by atoms with van der Waals surface area (Å²) in [6, 6.07) is 0.757. The Hall–Kier alpha value is -0.650. The molecule has 0 aromatic heterocycles. The molecular weight excluding hydrogens is 254 g/mol. The van der Waals surface area contributed by atoms with Crippen molar-refractivity contribution in [3.8, 4) is 0 Å². The fourth-order valence-electron chi connectivity index (χ4n) is 3.87. The van der Waals surface area contributed by atoms with Crippen LogP contribution < -0.4 is 5.32 Å². The first kappa shape index (κ1) is 14.3. The van der Waals surface area contributed by atoms with E-state index in [0.717, 1.165) is 45.2 Å². The highest BCUT2D eigenvalue weighted by Gasteiger charge is 2.34. The Kier molecular flexibility index (Phi) is 4.58. The molecule has 114 valence electrons. The van der Waals surface area contributed by atoms with Crippen LogP contribution in [-0.2, 0) is 9.53 Å². The Labute approximate surface area is 121 Å². The Morgan fingerprint density at radius 3 is 2.45 bits per heavy atom. The van der Waals surface area contributed by atoms with Gasteiger partial charge in [-0.3, -0.25) is 9.69 Å². The molecule has 2 saturated heterocycles. The van der Waals surface area contributed by atoms with Crippen LogP contribution in [0.1, 0.15) is 32.1 Å². The number of piperazine rings is 1. The third kappa shape index (κ3) is 3.00. The average Bonchev–Trinajstić information content (AvgIpc) is 3.18. The SMILES string of the molecule is COC1CNC(C(=O)N2CCN(C3CCCC3)CC2)C1. The van der Waals surface area contributed by atoms with Gasteiger partial charge in [0, 0.05) is 45.9 Å². The van der Waals surface area contributed by atoms with E-state index < -0.39 is 0 Å². The minimum absolute atomic E-state index is 0.0296. The van der Waals surface area contributed by atoms with Crippen LogP contribution in [0.2, 0.25) is 0 Å². The molecule has 2 unspecified atom stereocenters. The second kappa shape index (κ2) is 6.41. The van der Waals surface area contributed by atoms with Crippen molar-refractivity contribution in [3.63, 3.8) is 0 Å². The van der Waals surface area contributed by atoms with Crippen molar-refractivity contribution < 1.29 is 9.53 Å². The van der Waals surface area contributed by atoms with Gasteiger partial charge in [0.05, 0.1) is 12.1 Å². The van der Waals surface area contributed by atoms with E-state index in [9.17, 15) is 4.79 Å². The van der Waals surface area contributed by atoms with E-state index in [4.69, 9.17) is 4.74 Å². The van der Waals surface area contributed by atoms with Crippen LogP contribution >= 0.6 is 0 Å². The molecule has 0 aromatic carbocycles. The largest absolute Gasteiger partial charge is 0.380 e. The maximum atomic E-state index is 12.5. The second-order valence-corrected chi connectivity index (χ2v) is 6.35. The van der Waals surface area contributed by atoms with Crippen LogP contribution in [0.3, 0.4) is 0 Å². The molecule has 0 bridgehead atoms. The lowest BCUT2D eigenvalue weighted by molar-refractivity contribution is -0.135. The Bertz CT molecular complexity index is 336.